The Hall–Kier alpha value is -1.18. The molecule has 152 valence electrons. The lowest BCUT2D eigenvalue weighted by Crippen LogP contribution is -2.46. The van der Waals surface area contributed by atoms with Crippen LogP contribution in [0.1, 0.15) is 56.2 Å². The quantitative estimate of drug-likeness (QED) is 0.414. The molecule has 0 aromatic heterocycles. The van der Waals surface area contributed by atoms with Crippen LogP contribution in [-0.2, 0) is 0 Å². The van der Waals surface area contributed by atoms with Crippen LogP contribution in [0.25, 0.3) is 0 Å². The van der Waals surface area contributed by atoms with Gasteiger partial charge in [0.15, 0.2) is 5.17 Å². The molecule has 1 aliphatic heterocycles. The van der Waals surface area contributed by atoms with Crippen LogP contribution in [0.15, 0.2) is 17.1 Å². The SMILES string of the molecule is Cc1c(C#C[Si](C)(C)C)ccc(N=C2SCC3(CCCC3)N2CC(C)C)c1C. The molecule has 3 rings (SSSR count). The van der Waals surface area contributed by atoms with E-state index in [1.165, 1.54) is 47.7 Å². The van der Waals surface area contributed by atoms with E-state index in [1.54, 1.807) is 0 Å². The second-order valence-electron chi connectivity index (χ2n) is 10.0. The van der Waals surface area contributed by atoms with Crippen LogP contribution in [0.4, 0.5) is 5.69 Å². The molecule has 2 fully saturated rings. The number of amidine groups is 1. The van der Waals surface area contributed by atoms with Gasteiger partial charge in [-0.25, -0.2) is 4.99 Å². The maximum absolute atomic E-state index is 5.19. The number of aliphatic imine (C=N–C) groups is 1. The Morgan fingerprint density at radius 1 is 1.14 bits per heavy atom. The summed E-state index contributed by atoms with van der Waals surface area (Å²) in [6.45, 7) is 17.0. The largest absolute Gasteiger partial charge is 0.344 e. The van der Waals surface area contributed by atoms with Crippen molar-refractivity contribution >= 4 is 30.7 Å². The molecule has 1 aromatic carbocycles. The number of hydrogen-bond acceptors (Lipinski definition) is 2. The first-order valence-corrected chi connectivity index (χ1v) is 15.2. The Morgan fingerprint density at radius 2 is 1.82 bits per heavy atom. The molecule has 0 N–H and O–H groups in total. The lowest BCUT2D eigenvalue weighted by Gasteiger charge is -2.37. The van der Waals surface area contributed by atoms with E-state index in [0.29, 0.717) is 11.5 Å². The molecule has 2 nitrogen and oxygen atoms in total. The number of hydrogen-bond donors (Lipinski definition) is 0. The van der Waals surface area contributed by atoms with Crippen molar-refractivity contribution in [2.24, 2.45) is 10.9 Å². The molecule has 4 heteroatoms. The highest BCUT2D eigenvalue weighted by Gasteiger charge is 2.46. The molecular weight excluding hydrogens is 376 g/mol. The van der Waals surface area contributed by atoms with Gasteiger partial charge in [-0.15, -0.1) is 5.54 Å². The summed E-state index contributed by atoms with van der Waals surface area (Å²) >= 11 is 1.97. The highest BCUT2D eigenvalue weighted by Crippen LogP contribution is 2.45. The van der Waals surface area contributed by atoms with Crippen LogP contribution in [0.5, 0.6) is 0 Å². The van der Waals surface area contributed by atoms with E-state index in [9.17, 15) is 0 Å². The van der Waals surface area contributed by atoms with Crippen molar-refractivity contribution in [1.82, 2.24) is 4.90 Å². The first-order valence-electron chi connectivity index (χ1n) is 10.7. The molecule has 1 aromatic rings. The molecule has 2 aliphatic rings. The van der Waals surface area contributed by atoms with Gasteiger partial charge in [-0.2, -0.15) is 0 Å². The fourth-order valence-electron chi connectivity index (χ4n) is 4.16. The Bertz CT molecular complexity index is 817. The molecule has 1 saturated carbocycles. The Labute approximate surface area is 177 Å². The summed E-state index contributed by atoms with van der Waals surface area (Å²) in [6.07, 6.45) is 5.39. The van der Waals surface area contributed by atoms with Crippen molar-refractivity contribution in [3.05, 3.63) is 28.8 Å². The fourth-order valence-corrected chi connectivity index (χ4v) is 6.09. The van der Waals surface area contributed by atoms with E-state index in [-0.39, 0.29) is 0 Å². The highest BCUT2D eigenvalue weighted by molar-refractivity contribution is 8.14. The van der Waals surface area contributed by atoms with Crippen molar-refractivity contribution < 1.29 is 0 Å². The van der Waals surface area contributed by atoms with Crippen LogP contribution in [0.2, 0.25) is 19.6 Å². The number of thioether (sulfide) groups is 1. The van der Waals surface area contributed by atoms with E-state index in [2.05, 4.69) is 75.8 Å². The standard InChI is InChI=1S/C24H36N2SSi/c1-18(2)16-26-23(27-17-24(26)13-8-9-14-24)25-22-11-10-21(19(3)20(22)4)12-15-28(5,6)7/h10-11,18H,8-9,13-14,16-17H2,1-7H3. The predicted molar refractivity (Wildman–Crippen MR) is 128 cm³/mol. The molecule has 1 heterocycles. The molecule has 0 bridgehead atoms. The first-order chi connectivity index (χ1) is 13.1. The molecule has 1 spiro atoms. The summed E-state index contributed by atoms with van der Waals surface area (Å²) in [7, 11) is -1.37. The molecule has 0 amide bonds. The summed E-state index contributed by atoms with van der Waals surface area (Å²) in [4.78, 5) is 7.84. The second-order valence-corrected chi connectivity index (χ2v) is 15.7. The van der Waals surface area contributed by atoms with Gasteiger partial charge in [0.25, 0.3) is 0 Å². The minimum atomic E-state index is -1.37. The minimum absolute atomic E-state index is 0.361. The monoisotopic (exact) mass is 412 g/mol. The number of nitrogens with zero attached hydrogens (tertiary/aromatic N) is 2. The van der Waals surface area contributed by atoms with E-state index in [4.69, 9.17) is 4.99 Å². The predicted octanol–water partition coefficient (Wildman–Crippen LogP) is 6.54. The average Bonchev–Trinajstić information content (AvgIpc) is 3.20. The van der Waals surface area contributed by atoms with Gasteiger partial charge < -0.3 is 4.90 Å². The van der Waals surface area contributed by atoms with Crippen molar-refractivity contribution in [2.75, 3.05) is 12.3 Å². The number of benzene rings is 1. The highest BCUT2D eigenvalue weighted by atomic mass is 32.2. The van der Waals surface area contributed by atoms with Crippen molar-refractivity contribution in [3.63, 3.8) is 0 Å². The first kappa shape index (κ1) is 21.5. The normalized spacial score (nSPS) is 20.3. The summed E-state index contributed by atoms with van der Waals surface area (Å²) in [6, 6.07) is 4.35. The Kier molecular flexibility index (Phi) is 6.37. The maximum Gasteiger partial charge on any atom is 0.164 e. The summed E-state index contributed by atoms with van der Waals surface area (Å²) in [5.74, 6) is 5.30. The summed E-state index contributed by atoms with van der Waals surface area (Å²) < 4.78 is 0. The van der Waals surface area contributed by atoms with E-state index in [1.807, 2.05) is 11.8 Å². The fraction of sp³-hybridized carbons (Fsp3) is 0.625. The lowest BCUT2D eigenvalue weighted by atomic mass is 9.97. The molecule has 1 saturated heterocycles. The number of rotatable bonds is 3. The zero-order valence-corrected chi connectivity index (χ0v) is 20.6. The zero-order chi connectivity index (χ0) is 20.5. The van der Waals surface area contributed by atoms with Gasteiger partial charge in [0, 0.05) is 17.9 Å². The maximum atomic E-state index is 5.19. The summed E-state index contributed by atoms with van der Waals surface area (Å²) in [5.41, 5.74) is 8.69. The van der Waals surface area contributed by atoms with Gasteiger partial charge >= 0.3 is 0 Å². The van der Waals surface area contributed by atoms with Crippen LogP contribution in [-0.4, -0.2) is 36.0 Å². The molecule has 0 radical (unpaired) electrons. The van der Waals surface area contributed by atoms with Crippen molar-refractivity contribution in [1.29, 1.82) is 0 Å². The third-order valence-electron chi connectivity index (χ3n) is 5.90. The van der Waals surface area contributed by atoms with Crippen molar-refractivity contribution in [2.45, 2.75) is 78.6 Å². The third-order valence-corrected chi connectivity index (χ3v) is 8.03. The van der Waals surface area contributed by atoms with Gasteiger partial charge in [0.1, 0.15) is 8.07 Å². The minimum Gasteiger partial charge on any atom is -0.344 e. The van der Waals surface area contributed by atoms with E-state index in [0.717, 1.165) is 17.8 Å². The van der Waals surface area contributed by atoms with Crippen LogP contribution in [0, 0.1) is 31.2 Å². The lowest BCUT2D eigenvalue weighted by molar-refractivity contribution is 0.198. The smallest absolute Gasteiger partial charge is 0.164 e. The van der Waals surface area contributed by atoms with Gasteiger partial charge in [0.2, 0.25) is 0 Å². The molecule has 1 aliphatic carbocycles. The van der Waals surface area contributed by atoms with Crippen LogP contribution in [0.3, 0.4) is 0 Å². The van der Waals surface area contributed by atoms with Crippen LogP contribution >= 0.6 is 11.8 Å². The Balaban J connectivity index is 1.93. The van der Waals surface area contributed by atoms with Gasteiger partial charge in [-0.05, 0) is 55.9 Å². The van der Waals surface area contributed by atoms with Crippen LogP contribution < -0.4 is 0 Å². The molecule has 0 atom stereocenters. The average molecular weight is 413 g/mol. The van der Waals surface area contributed by atoms with Crippen molar-refractivity contribution in [3.8, 4) is 11.5 Å². The Morgan fingerprint density at radius 3 is 2.43 bits per heavy atom. The summed E-state index contributed by atoms with van der Waals surface area (Å²) in [5, 5.41) is 1.24. The van der Waals surface area contributed by atoms with Gasteiger partial charge in [-0.3, -0.25) is 0 Å². The molecule has 28 heavy (non-hydrogen) atoms. The zero-order valence-electron chi connectivity index (χ0n) is 18.8. The van der Waals surface area contributed by atoms with Gasteiger partial charge in [0.05, 0.1) is 11.2 Å². The third kappa shape index (κ3) is 4.68. The van der Waals surface area contributed by atoms with Gasteiger partial charge in [-0.1, -0.05) is 64.0 Å². The molecule has 0 unspecified atom stereocenters. The topological polar surface area (TPSA) is 15.6 Å². The van der Waals surface area contributed by atoms with E-state index >= 15 is 0 Å². The van der Waals surface area contributed by atoms with E-state index < -0.39 is 8.07 Å². The second kappa shape index (κ2) is 8.28. The molecular formula is C24H36N2SSi.